The Balaban J connectivity index is 1.89. The van der Waals surface area contributed by atoms with Crippen LogP contribution in [0.1, 0.15) is 56.1 Å². The van der Waals surface area contributed by atoms with Crippen molar-refractivity contribution in [3.8, 4) is 17.2 Å². The Morgan fingerprint density at radius 1 is 0.939 bits per heavy atom. The number of ether oxygens (including phenoxy) is 3. The number of nitrogens with zero attached hydrogens (tertiary/aromatic N) is 1. The second-order valence-corrected chi connectivity index (χ2v) is 8.82. The van der Waals surface area contributed by atoms with Gasteiger partial charge in [-0.1, -0.05) is 24.3 Å². The monoisotopic (exact) mass is 447 g/mol. The van der Waals surface area contributed by atoms with Crippen molar-refractivity contribution in [2.24, 2.45) is 0 Å². The summed E-state index contributed by atoms with van der Waals surface area (Å²) in [6.45, 7) is 11.5. The Hall–Kier alpha value is -3.54. The minimum absolute atomic E-state index is 0.0525. The molecule has 1 heterocycles. The van der Waals surface area contributed by atoms with Gasteiger partial charge in [0.05, 0.1) is 24.3 Å². The maximum absolute atomic E-state index is 13.8. The summed E-state index contributed by atoms with van der Waals surface area (Å²) in [7, 11) is 0. The lowest BCUT2D eigenvalue weighted by molar-refractivity contribution is -0.131. The van der Waals surface area contributed by atoms with Gasteiger partial charge in [0.15, 0.2) is 0 Å². The van der Waals surface area contributed by atoms with Gasteiger partial charge in [-0.2, -0.15) is 0 Å². The lowest BCUT2D eigenvalue weighted by atomic mass is 9.99. The molecule has 0 saturated heterocycles. The molecule has 0 spiro atoms. The molecule has 4 rings (SSSR count). The van der Waals surface area contributed by atoms with Crippen molar-refractivity contribution in [1.82, 2.24) is 0 Å². The first kappa shape index (κ1) is 22.6. The van der Waals surface area contributed by atoms with Crippen LogP contribution in [0.5, 0.6) is 17.2 Å². The van der Waals surface area contributed by atoms with Crippen molar-refractivity contribution in [2.45, 2.75) is 60.3 Å². The zero-order valence-corrected chi connectivity index (χ0v) is 19.9. The number of amides is 1. The standard InChI is InChI=1S/C27H29NO5/c1-15(2)31-25-20-9-7-8-10-21(20)26(32-16(3)4)24-22(25)14-28(27(24)30)23-12-11-19(13-17(23)5)33-18(6)29/h7-13,15-16H,14H2,1-6H3. The molecule has 33 heavy (non-hydrogen) atoms. The van der Waals surface area contributed by atoms with Crippen molar-refractivity contribution in [2.75, 3.05) is 4.90 Å². The normalized spacial score (nSPS) is 13.1. The fourth-order valence-corrected chi connectivity index (χ4v) is 4.25. The molecule has 0 aliphatic carbocycles. The van der Waals surface area contributed by atoms with Crippen LogP contribution in [0.15, 0.2) is 42.5 Å². The second-order valence-electron chi connectivity index (χ2n) is 8.82. The van der Waals surface area contributed by atoms with Crippen LogP contribution in [0.3, 0.4) is 0 Å². The summed E-state index contributed by atoms with van der Waals surface area (Å²) in [5, 5.41) is 1.79. The van der Waals surface area contributed by atoms with Crippen molar-refractivity contribution < 1.29 is 23.8 Å². The molecule has 0 saturated carbocycles. The van der Waals surface area contributed by atoms with E-state index in [1.807, 2.05) is 65.0 Å². The van der Waals surface area contributed by atoms with Crippen LogP contribution in [0, 0.1) is 6.92 Å². The quantitative estimate of drug-likeness (QED) is 0.352. The average Bonchev–Trinajstić information content (AvgIpc) is 3.06. The van der Waals surface area contributed by atoms with E-state index >= 15 is 0 Å². The van der Waals surface area contributed by atoms with Gasteiger partial charge in [0, 0.05) is 28.9 Å². The predicted octanol–water partition coefficient (Wildman–Crippen LogP) is 5.81. The van der Waals surface area contributed by atoms with E-state index in [-0.39, 0.29) is 24.1 Å². The van der Waals surface area contributed by atoms with Gasteiger partial charge >= 0.3 is 5.97 Å². The summed E-state index contributed by atoms with van der Waals surface area (Å²) in [6.07, 6.45) is -0.149. The third kappa shape index (κ3) is 4.25. The molecule has 0 radical (unpaired) electrons. The number of aryl methyl sites for hydroxylation is 1. The highest BCUT2D eigenvalue weighted by molar-refractivity contribution is 6.17. The van der Waals surface area contributed by atoms with Gasteiger partial charge in [-0.15, -0.1) is 0 Å². The highest BCUT2D eigenvalue weighted by atomic mass is 16.5. The minimum Gasteiger partial charge on any atom is -0.490 e. The van der Waals surface area contributed by atoms with Gasteiger partial charge in [-0.25, -0.2) is 0 Å². The molecule has 1 aliphatic rings. The molecule has 0 aromatic heterocycles. The van der Waals surface area contributed by atoms with E-state index in [2.05, 4.69) is 0 Å². The highest BCUT2D eigenvalue weighted by Crippen LogP contribution is 2.47. The van der Waals surface area contributed by atoms with E-state index < -0.39 is 0 Å². The molecule has 1 amide bonds. The van der Waals surface area contributed by atoms with Crippen LogP contribution in [0.2, 0.25) is 0 Å². The van der Waals surface area contributed by atoms with Crippen LogP contribution in [0.4, 0.5) is 5.69 Å². The Labute approximate surface area is 194 Å². The van der Waals surface area contributed by atoms with Gasteiger partial charge in [-0.3, -0.25) is 9.59 Å². The highest BCUT2D eigenvalue weighted by Gasteiger charge is 2.37. The smallest absolute Gasteiger partial charge is 0.308 e. The molecule has 3 aromatic carbocycles. The first-order chi connectivity index (χ1) is 15.7. The van der Waals surface area contributed by atoms with Crippen molar-refractivity contribution in [3.05, 3.63) is 59.2 Å². The Morgan fingerprint density at radius 3 is 2.12 bits per heavy atom. The van der Waals surface area contributed by atoms with E-state index in [4.69, 9.17) is 14.2 Å². The molecular formula is C27H29NO5. The Bertz CT molecular complexity index is 1240. The van der Waals surface area contributed by atoms with Gasteiger partial charge in [0.1, 0.15) is 17.2 Å². The van der Waals surface area contributed by atoms with Crippen molar-refractivity contribution in [3.63, 3.8) is 0 Å². The largest absolute Gasteiger partial charge is 0.490 e. The molecular weight excluding hydrogens is 418 g/mol. The van der Waals surface area contributed by atoms with E-state index in [0.29, 0.717) is 23.6 Å². The van der Waals surface area contributed by atoms with Crippen LogP contribution in [0.25, 0.3) is 10.8 Å². The fourth-order valence-electron chi connectivity index (χ4n) is 4.25. The molecule has 0 fully saturated rings. The number of carbonyl (C=O) groups excluding carboxylic acids is 2. The minimum atomic E-state index is -0.385. The van der Waals surface area contributed by atoms with Gasteiger partial charge in [0.25, 0.3) is 5.91 Å². The molecule has 172 valence electrons. The zero-order chi connectivity index (χ0) is 23.9. The molecule has 6 nitrogen and oxygen atoms in total. The first-order valence-corrected chi connectivity index (χ1v) is 11.2. The Morgan fingerprint density at radius 2 is 1.55 bits per heavy atom. The summed E-state index contributed by atoms with van der Waals surface area (Å²) in [4.78, 5) is 26.9. The molecule has 0 atom stereocenters. The summed E-state index contributed by atoms with van der Waals surface area (Å²) in [5.41, 5.74) is 2.95. The lowest BCUT2D eigenvalue weighted by Gasteiger charge is -2.20. The molecule has 3 aromatic rings. The van der Waals surface area contributed by atoms with E-state index in [0.717, 1.165) is 33.3 Å². The van der Waals surface area contributed by atoms with Crippen LogP contribution < -0.4 is 19.1 Å². The number of rotatable bonds is 6. The van der Waals surface area contributed by atoms with Gasteiger partial charge in [0.2, 0.25) is 0 Å². The number of anilines is 1. The third-order valence-corrected chi connectivity index (χ3v) is 5.42. The van der Waals surface area contributed by atoms with E-state index in [1.54, 1.807) is 17.0 Å². The number of hydrogen-bond donors (Lipinski definition) is 0. The zero-order valence-electron chi connectivity index (χ0n) is 19.9. The first-order valence-electron chi connectivity index (χ1n) is 11.2. The van der Waals surface area contributed by atoms with Gasteiger partial charge in [-0.05, 0) is 58.4 Å². The maximum Gasteiger partial charge on any atom is 0.308 e. The summed E-state index contributed by atoms with van der Waals surface area (Å²) >= 11 is 0. The summed E-state index contributed by atoms with van der Waals surface area (Å²) < 4.78 is 17.7. The molecule has 1 aliphatic heterocycles. The summed E-state index contributed by atoms with van der Waals surface area (Å²) in [6, 6.07) is 13.2. The van der Waals surface area contributed by atoms with Crippen LogP contribution in [-0.4, -0.2) is 24.1 Å². The topological polar surface area (TPSA) is 65.1 Å². The number of carbonyl (C=O) groups is 2. The molecule has 0 N–H and O–H groups in total. The fraction of sp³-hybridized carbons (Fsp3) is 0.333. The van der Waals surface area contributed by atoms with Crippen LogP contribution >= 0.6 is 0 Å². The lowest BCUT2D eigenvalue weighted by Crippen LogP contribution is -2.24. The number of hydrogen-bond acceptors (Lipinski definition) is 5. The number of esters is 1. The summed E-state index contributed by atoms with van der Waals surface area (Å²) in [5.74, 6) is 1.24. The number of benzene rings is 3. The van der Waals surface area contributed by atoms with E-state index in [1.165, 1.54) is 6.92 Å². The SMILES string of the molecule is CC(=O)Oc1ccc(N2Cc3c(c(OC(C)C)c4ccccc4c3OC(C)C)C2=O)c(C)c1. The third-order valence-electron chi connectivity index (χ3n) is 5.42. The second kappa shape index (κ2) is 8.77. The maximum atomic E-state index is 13.8. The van der Waals surface area contributed by atoms with Crippen molar-refractivity contribution >= 4 is 28.3 Å². The van der Waals surface area contributed by atoms with Crippen LogP contribution in [-0.2, 0) is 11.3 Å². The van der Waals surface area contributed by atoms with Gasteiger partial charge < -0.3 is 19.1 Å². The molecule has 0 unspecified atom stereocenters. The number of fused-ring (bicyclic) bond motifs is 2. The molecule has 6 heteroatoms. The Kier molecular flexibility index (Phi) is 6.02. The van der Waals surface area contributed by atoms with Crippen molar-refractivity contribution in [1.29, 1.82) is 0 Å². The average molecular weight is 448 g/mol. The predicted molar refractivity (Wildman–Crippen MR) is 128 cm³/mol. The van der Waals surface area contributed by atoms with E-state index in [9.17, 15) is 9.59 Å². The molecule has 0 bridgehead atoms.